The van der Waals surface area contributed by atoms with Crippen molar-refractivity contribution in [3.8, 4) is 0 Å². The summed E-state index contributed by atoms with van der Waals surface area (Å²) in [5.74, 6) is 1.04. The summed E-state index contributed by atoms with van der Waals surface area (Å²) in [6.07, 6.45) is 6.61. The van der Waals surface area contributed by atoms with E-state index in [-0.39, 0.29) is 11.3 Å². The van der Waals surface area contributed by atoms with Crippen LogP contribution in [-0.4, -0.2) is 19.9 Å². The van der Waals surface area contributed by atoms with Crippen molar-refractivity contribution in [3.63, 3.8) is 0 Å². The second-order valence-electron chi connectivity index (χ2n) is 10.1. The fourth-order valence-electron chi connectivity index (χ4n) is 8.22. The number of methoxy groups -OCH3 is 1. The van der Waals surface area contributed by atoms with Gasteiger partial charge in [-0.05, 0) is 99.2 Å². The van der Waals surface area contributed by atoms with Crippen molar-refractivity contribution >= 4 is 0 Å². The van der Waals surface area contributed by atoms with E-state index in [0.717, 1.165) is 18.8 Å². The Morgan fingerprint density at radius 2 is 1.85 bits per heavy atom. The number of halogens is 3. The Bertz CT molecular complexity index is 597. The first-order chi connectivity index (χ1) is 12.8. The van der Waals surface area contributed by atoms with Crippen LogP contribution in [0.2, 0.25) is 0 Å². The van der Waals surface area contributed by atoms with Crippen LogP contribution in [0.15, 0.2) is 11.6 Å². The van der Waals surface area contributed by atoms with Gasteiger partial charge in [-0.1, -0.05) is 18.6 Å². The highest BCUT2D eigenvalue weighted by atomic mass is 19.4. The SMILES string of the molecule is C/C=C1/CCC2[C@@H]3CC[C@@H]4CC(C(F)(F)F)CCC4(COC)C3CCC12C. The summed E-state index contributed by atoms with van der Waals surface area (Å²) in [7, 11) is 1.74. The quantitative estimate of drug-likeness (QED) is 0.477. The van der Waals surface area contributed by atoms with Gasteiger partial charge in [0, 0.05) is 7.11 Å². The average Bonchev–Trinajstić information content (AvgIpc) is 2.96. The zero-order chi connectivity index (χ0) is 19.4. The van der Waals surface area contributed by atoms with Crippen molar-refractivity contribution in [2.45, 2.75) is 77.8 Å². The third-order valence-corrected chi connectivity index (χ3v) is 9.44. The number of rotatable bonds is 2. The van der Waals surface area contributed by atoms with Crippen LogP contribution in [0, 0.1) is 40.4 Å². The Morgan fingerprint density at radius 3 is 2.52 bits per heavy atom. The first-order valence-electron chi connectivity index (χ1n) is 11.0. The maximum Gasteiger partial charge on any atom is 0.391 e. The first-order valence-corrected chi connectivity index (χ1v) is 11.0. The smallest absolute Gasteiger partial charge is 0.384 e. The number of fused-ring (bicyclic) bond motifs is 5. The highest BCUT2D eigenvalue weighted by Gasteiger charge is 2.62. The van der Waals surface area contributed by atoms with E-state index in [1.54, 1.807) is 12.7 Å². The van der Waals surface area contributed by atoms with E-state index < -0.39 is 12.1 Å². The minimum absolute atomic E-state index is 0.0145. The number of hydrogen-bond donors (Lipinski definition) is 0. The van der Waals surface area contributed by atoms with Gasteiger partial charge in [0.05, 0.1) is 12.5 Å². The fraction of sp³-hybridized carbons (Fsp3) is 0.913. The minimum Gasteiger partial charge on any atom is -0.384 e. The first kappa shape index (κ1) is 19.8. The molecule has 4 aliphatic carbocycles. The van der Waals surface area contributed by atoms with E-state index >= 15 is 0 Å². The molecule has 4 saturated carbocycles. The molecule has 0 aromatic heterocycles. The molecule has 0 radical (unpaired) electrons. The van der Waals surface area contributed by atoms with Crippen LogP contribution < -0.4 is 0 Å². The normalized spacial score (nSPS) is 48.8. The molecule has 0 aliphatic heterocycles. The van der Waals surface area contributed by atoms with Gasteiger partial charge in [0.2, 0.25) is 0 Å². The van der Waals surface area contributed by atoms with E-state index in [1.807, 2.05) is 0 Å². The van der Waals surface area contributed by atoms with Gasteiger partial charge in [-0.15, -0.1) is 0 Å². The molecule has 7 atom stereocenters. The molecule has 5 unspecified atom stereocenters. The van der Waals surface area contributed by atoms with E-state index in [1.165, 1.54) is 25.7 Å². The van der Waals surface area contributed by atoms with Gasteiger partial charge in [0.1, 0.15) is 0 Å². The van der Waals surface area contributed by atoms with Crippen molar-refractivity contribution in [1.29, 1.82) is 0 Å². The molecule has 4 aliphatic rings. The van der Waals surface area contributed by atoms with E-state index in [4.69, 9.17) is 4.74 Å². The van der Waals surface area contributed by atoms with Gasteiger partial charge < -0.3 is 4.74 Å². The van der Waals surface area contributed by atoms with E-state index in [2.05, 4.69) is 19.9 Å². The van der Waals surface area contributed by atoms with Gasteiger partial charge in [-0.2, -0.15) is 13.2 Å². The van der Waals surface area contributed by atoms with Gasteiger partial charge in [-0.25, -0.2) is 0 Å². The molecule has 4 fully saturated rings. The Morgan fingerprint density at radius 1 is 1.07 bits per heavy atom. The van der Waals surface area contributed by atoms with Crippen LogP contribution in [0.1, 0.15) is 71.6 Å². The molecule has 4 rings (SSSR count). The summed E-state index contributed by atoms with van der Waals surface area (Å²) in [6, 6.07) is 0. The minimum atomic E-state index is -4.03. The van der Waals surface area contributed by atoms with Gasteiger partial charge in [-0.3, -0.25) is 0 Å². The number of hydrogen-bond acceptors (Lipinski definition) is 1. The maximum absolute atomic E-state index is 13.4. The number of ether oxygens (including phenoxy) is 1. The molecule has 0 N–H and O–H groups in total. The molecule has 154 valence electrons. The van der Waals surface area contributed by atoms with Crippen molar-refractivity contribution in [1.82, 2.24) is 0 Å². The fourth-order valence-corrected chi connectivity index (χ4v) is 8.22. The topological polar surface area (TPSA) is 9.23 Å². The van der Waals surface area contributed by atoms with Crippen LogP contribution in [0.25, 0.3) is 0 Å². The lowest BCUT2D eigenvalue weighted by molar-refractivity contribution is -0.216. The monoisotopic (exact) mass is 384 g/mol. The van der Waals surface area contributed by atoms with Crippen molar-refractivity contribution in [2.24, 2.45) is 40.4 Å². The van der Waals surface area contributed by atoms with Gasteiger partial charge in [0.25, 0.3) is 0 Å². The second kappa shape index (κ2) is 6.78. The molecular formula is C23H35F3O. The summed E-state index contributed by atoms with van der Waals surface area (Å²) < 4.78 is 45.9. The molecule has 0 spiro atoms. The van der Waals surface area contributed by atoms with Gasteiger partial charge >= 0.3 is 6.18 Å². The second-order valence-corrected chi connectivity index (χ2v) is 10.1. The molecule has 1 nitrogen and oxygen atoms in total. The molecule has 0 aromatic rings. The molecule has 0 heterocycles. The van der Waals surface area contributed by atoms with Gasteiger partial charge in [0.15, 0.2) is 0 Å². The standard InChI is InChI=1S/C23H35F3O/c1-4-15-6-8-19-18-7-5-16-13-17(23(24,25)26)9-12-22(16,14-27-3)20(18)10-11-21(15,19)2/h4,16-20H,5-14H2,1-3H3/b15-4-/t16-,17?,18+,19?,20?,21?,22?/m1/s1. The predicted molar refractivity (Wildman–Crippen MR) is 101 cm³/mol. The largest absolute Gasteiger partial charge is 0.391 e. The van der Waals surface area contributed by atoms with Crippen LogP contribution in [0.3, 0.4) is 0 Å². The molecular weight excluding hydrogens is 349 g/mol. The summed E-state index contributed by atoms with van der Waals surface area (Å²) >= 11 is 0. The average molecular weight is 385 g/mol. The van der Waals surface area contributed by atoms with Crippen LogP contribution in [0.4, 0.5) is 13.2 Å². The van der Waals surface area contributed by atoms with Crippen LogP contribution in [-0.2, 0) is 4.74 Å². The third kappa shape index (κ3) is 2.91. The Balaban J connectivity index is 1.63. The summed E-state index contributed by atoms with van der Waals surface area (Å²) in [5.41, 5.74) is 1.95. The lowest BCUT2D eigenvalue weighted by Crippen LogP contribution is -2.56. The Hall–Kier alpha value is -0.510. The molecule has 27 heavy (non-hydrogen) atoms. The lowest BCUT2D eigenvalue weighted by atomic mass is 9.44. The summed E-state index contributed by atoms with van der Waals surface area (Å²) in [4.78, 5) is 0. The summed E-state index contributed by atoms with van der Waals surface area (Å²) in [5, 5.41) is 0. The van der Waals surface area contributed by atoms with Crippen molar-refractivity contribution in [2.75, 3.05) is 13.7 Å². The van der Waals surface area contributed by atoms with Crippen molar-refractivity contribution in [3.05, 3.63) is 11.6 Å². The van der Waals surface area contributed by atoms with E-state index in [9.17, 15) is 13.2 Å². The van der Waals surface area contributed by atoms with Crippen LogP contribution >= 0.6 is 0 Å². The zero-order valence-electron chi connectivity index (χ0n) is 17.1. The molecule has 4 heteroatoms. The predicted octanol–water partition coefficient (Wildman–Crippen LogP) is 6.78. The molecule has 0 aromatic carbocycles. The van der Waals surface area contributed by atoms with Crippen LogP contribution in [0.5, 0.6) is 0 Å². The highest BCUT2D eigenvalue weighted by Crippen LogP contribution is 2.68. The number of alkyl halides is 3. The lowest BCUT2D eigenvalue weighted by Gasteiger charge is -2.61. The Kier molecular flexibility index (Phi) is 4.97. The van der Waals surface area contributed by atoms with Crippen molar-refractivity contribution < 1.29 is 17.9 Å². The third-order valence-electron chi connectivity index (χ3n) is 9.44. The molecule has 0 saturated heterocycles. The molecule has 0 bridgehead atoms. The zero-order valence-corrected chi connectivity index (χ0v) is 17.1. The number of allylic oxidation sites excluding steroid dienone is 2. The highest BCUT2D eigenvalue weighted by molar-refractivity contribution is 5.23. The summed E-state index contributed by atoms with van der Waals surface area (Å²) in [6.45, 7) is 5.30. The van der Waals surface area contributed by atoms with E-state index in [0.29, 0.717) is 43.1 Å². The Labute approximate surface area is 162 Å². The maximum atomic E-state index is 13.4. The molecule has 0 amide bonds.